The van der Waals surface area contributed by atoms with Crippen molar-refractivity contribution in [3.8, 4) is 16.8 Å². The molecule has 0 bridgehead atoms. The van der Waals surface area contributed by atoms with Crippen LogP contribution in [0.5, 0.6) is 0 Å². The molecule has 1 aromatic heterocycles. The molecule has 0 spiro atoms. The number of fused-ring (bicyclic) bond motifs is 3. The van der Waals surface area contributed by atoms with E-state index < -0.39 is 18.3 Å². The van der Waals surface area contributed by atoms with Crippen LogP contribution in [0.4, 0.5) is 0 Å². The highest BCUT2D eigenvalue weighted by Gasteiger charge is 2.51. The van der Waals surface area contributed by atoms with Gasteiger partial charge in [0.25, 0.3) is 0 Å². The Labute approximate surface area is 209 Å². The normalized spacial score (nSPS) is 19.5. The second-order valence-electron chi connectivity index (χ2n) is 9.67. The van der Waals surface area contributed by atoms with Crippen LogP contribution in [0.3, 0.4) is 0 Å². The van der Waals surface area contributed by atoms with E-state index in [-0.39, 0.29) is 47.0 Å². The van der Waals surface area contributed by atoms with Gasteiger partial charge in [-0.1, -0.05) is 72.7 Å². The molecule has 168 valence electrons. The summed E-state index contributed by atoms with van der Waals surface area (Å²) < 4.78 is 66.1. The first-order valence-corrected chi connectivity index (χ1v) is 11.4. The zero-order valence-electron chi connectivity index (χ0n) is 25.6. The van der Waals surface area contributed by atoms with Crippen LogP contribution < -0.4 is 5.46 Å². The van der Waals surface area contributed by atoms with Crippen molar-refractivity contribution in [2.45, 2.75) is 38.9 Å². The summed E-state index contributed by atoms with van der Waals surface area (Å²) in [5.41, 5.74) is 2.65. The number of aromatic nitrogens is 1. The van der Waals surface area contributed by atoms with Gasteiger partial charge in [0.05, 0.1) is 30.5 Å². The molecular weight excluding hydrogens is 417 g/mol. The number of rotatable bonds is 3. The molecule has 4 heteroatoms. The first-order chi connectivity index (χ1) is 18.8. The third-order valence-electron chi connectivity index (χ3n) is 6.96. The molecule has 5 aromatic rings. The van der Waals surface area contributed by atoms with Gasteiger partial charge in [0.1, 0.15) is 0 Å². The van der Waals surface area contributed by atoms with Gasteiger partial charge in [0, 0.05) is 16.5 Å². The van der Waals surface area contributed by atoms with Gasteiger partial charge in [-0.25, -0.2) is 0 Å². The average Bonchev–Trinajstić information content (AvgIpc) is 3.38. The van der Waals surface area contributed by atoms with E-state index in [1.54, 1.807) is 4.57 Å². The van der Waals surface area contributed by atoms with E-state index in [0.717, 1.165) is 16.6 Å². The van der Waals surface area contributed by atoms with Crippen molar-refractivity contribution in [3.63, 3.8) is 0 Å². The van der Waals surface area contributed by atoms with Crippen molar-refractivity contribution in [1.29, 1.82) is 0 Å². The molecule has 0 amide bonds. The zero-order chi connectivity index (χ0) is 28.7. The Hall–Kier alpha value is -3.34. The van der Waals surface area contributed by atoms with Crippen LogP contribution in [0.1, 0.15) is 35.9 Å². The van der Waals surface area contributed by atoms with Gasteiger partial charge in [0.2, 0.25) is 0 Å². The molecule has 0 radical (unpaired) electrons. The molecule has 4 aromatic carbocycles. The molecular formula is C30H28BNO2. The second-order valence-corrected chi connectivity index (χ2v) is 9.67. The fourth-order valence-corrected chi connectivity index (χ4v) is 4.45. The van der Waals surface area contributed by atoms with Crippen LogP contribution in [0, 0.1) is 0 Å². The van der Waals surface area contributed by atoms with E-state index in [9.17, 15) is 0 Å². The Morgan fingerprint density at radius 1 is 0.706 bits per heavy atom. The maximum Gasteiger partial charge on any atom is 0.494 e. The summed E-state index contributed by atoms with van der Waals surface area (Å²) in [4.78, 5) is 0. The van der Waals surface area contributed by atoms with Crippen LogP contribution in [-0.2, 0) is 9.31 Å². The molecule has 0 atom stereocenters. The minimum atomic E-state index is -0.676. The molecule has 3 nitrogen and oxygen atoms in total. The summed E-state index contributed by atoms with van der Waals surface area (Å²) in [5, 5.41) is 0.449. The average molecular weight is 451 g/mol. The Kier molecular flexibility index (Phi) is 3.47. The van der Waals surface area contributed by atoms with Crippen molar-refractivity contribution in [2.24, 2.45) is 0 Å². The van der Waals surface area contributed by atoms with Gasteiger partial charge in [-0.05, 0) is 68.5 Å². The molecule has 6 rings (SSSR count). The topological polar surface area (TPSA) is 23.4 Å². The lowest BCUT2D eigenvalue weighted by atomic mass is 9.77. The second kappa shape index (κ2) is 7.59. The predicted octanol–water partition coefficient (Wildman–Crippen LogP) is 6.75. The maximum absolute atomic E-state index is 8.82. The molecule has 1 aliphatic rings. The van der Waals surface area contributed by atoms with E-state index in [4.69, 9.17) is 17.5 Å². The van der Waals surface area contributed by atoms with E-state index in [0.29, 0.717) is 16.7 Å². The van der Waals surface area contributed by atoms with Gasteiger partial charge in [-0.2, -0.15) is 0 Å². The highest BCUT2D eigenvalue weighted by Crippen LogP contribution is 2.38. The summed E-state index contributed by atoms with van der Waals surface area (Å²) in [5.74, 6) is 0. The molecule has 0 saturated carbocycles. The van der Waals surface area contributed by atoms with E-state index in [2.05, 4.69) is 0 Å². The lowest BCUT2D eigenvalue weighted by Crippen LogP contribution is -2.41. The molecule has 34 heavy (non-hydrogen) atoms. The van der Waals surface area contributed by atoms with Crippen LogP contribution in [0.25, 0.3) is 38.6 Å². The summed E-state index contributed by atoms with van der Waals surface area (Å²) in [7, 11) is -0.676. The van der Waals surface area contributed by atoms with E-state index in [1.165, 1.54) is 12.1 Å². The van der Waals surface area contributed by atoms with Gasteiger partial charge < -0.3 is 13.9 Å². The summed E-state index contributed by atoms with van der Waals surface area (Å²) >= 11 is 0. The quantitative estimate of drug-likeness (QED) is 0.283. The molecule has 0 aliphatic carbocycles. The van der Waals surface area contributed by atoms with Gasteiger partial charge in [0.15, 0.2) is 0 Å². The summed E-state index contributed by atoms with van der Waals surface area (Å²) in [6, 6.07) is 17.7. The first kappa shape index (κ1) is 15.5. The van der Waals surface area contributed by atoms with Crippen LogP contribution in [0.2, 0.25) is 0 Å². The van der Waals surface area contributed by atoms with E-state index >= 15 is 0 Å². The molecule has 1 saturated heterocycles. The Morgan fingerprint density at radius 2 is 1.29 bits per heavy atom. The molecule has 0 unspecified atom stereocenters. The Morgan fingerprint density at radius 3 is 1.88 bits per heavy atom. The largest absolute Gasteiger partial charge is 0.494 e. The molecule has 0 N–H and O–H groups in total. The summed E-state index contributed by atoms with van der Waals surface area (Å²) in [6.07, 6.45) is 0. The molecule has 1 aliphatic heterocycles. The fraction of sp³-hybridized carbons (Fsp3) is 0.200. The van der Waals surface area contributed by atoms with Crippen molar-refractivity contribution >= 4 is 34.4 Å². The number of hydrogen-bond donors (Lipinski definition) is 0. The highest BCUT2D eigenvalue weighted by molar-refractivity contribution is 6.62. The minimum absolute atomic E-state index is 0.000159. The minimum Gasteiger partial charge on any atom is -0.399 e. The lowest BCUT2D eigenvalue weighted by Gasteiger charge is -2.32. The summed E-state index contributed by atoms with van der Waals surface area (Å²) in [6.45, 7) is 7.96. The van der Waals surface area contributed by atoms with Crippen molar-refractivity contribution in [3.05, 3.63) is 96.9 Å². The first-order valence-electron chi connectivity index (χ1n) is 14.4. The number of hydrogen-bond acceptors (Lipinski definition) is 2. The Bertz CT molecular complexity index is 1750. The van der Waals surface area contributed by atoms with Crippen LogP contribution >= 0.6 is 0 Å². The Balaban J connectivity index is 1.73. The fourth-order valence-electron chi connectivity index (χ4n) is 4.45. The molecule has 1 fully saturated rings. The maximum atomic E-state index is 8.82. The third kappa shape index (κ3) is 3.29. The standard InChI is InChI=1S/C30H28BNO2/c1-29(2)30(3,4)34-31(33-29)23-18-22(21-12-6-5-7-13-21)19-24(20-23)32-27-16-10-8-14-25(27)26-15-9-11-17-28(26)32/h5-20H,1-4H3/i8D,9D,14D,15D,16D,17D. The highest BCUT2D eigenvalue weighted by atomic mass is 16.7. The number of benzene rings is 4. The van der Waals surface area contributed by atoms with Crippen molar-refractivity contribution in [1.82, 2.24) is 4.57 Å². The lowest BCUT2D eigenvalue weighted by molar-refractivity contribution is 0.00578. The van der Waals surface area contributed by atoms with Gasteiger partial charge >= 0.3 is 7.12 Å². The predicted molar refractivity (Wildman–Crippen MR) is 142 cm³/mol. The van der Waals surface area contributed by atoms with Crippen LogP contribution in [0.15, 0.2) is 96.9 Å². The monoisotopic (exact) mass is 451 g/mol. The third-order valence-corrected chi connectivity index (χ3v) is 6.96. The molecule has 2 heterocycles. The number of para-hydroxylation sites is 2. The van der Waals surface area contributed by atoms with E-state index in [1.807, 2.05) is 76.2 Å². The van der Waals surface area contributed by atoms with Crippen molar-refractivity contribution in [2.75, 3.05) is 0 Å². The zero-order valence-corrected chi connectivity index (χ0v) is 19.6. The van der Waals surface area contributed by atoms with Gasteiger partial charge in [-0.15, -0.1) is 0 Å². The SMILES string of the molecule is [2H]c1cc([2H])c2c(c1[2H])c1c([2H])c([2H])cc([2H])c1n2-c1cc(B2OC(C)(C)C(C)(C)O2)cc(-c2ccccc2)c1. The van der Waals surface area contributed by atoms with Crippen molar-refractivity contribution < 1.29 is 17.5 Å². The van der Waals surface area contributed by atoms with Gasteiger partial charge in [-0.3, -0.25) is 0 Å². The van der Waals surface area contributed by atoms with Crippen LogP contribution in [-0.4, -0.2) is 22.9 Å². The smallest absolute Gasteiger partial charge is 0.399 e. The number of nitrogens with zero attached hydrogens (tertiary/aromatic N) is 1.